The molecule has 0 spiro atoms. The summed E-state index contributed by atoms with van der Waals surface area (Å²) >= 11 is 0. The fourth-order valence-corrected chi connectivity index (χ4v) is 87.6. The Bertz CT molecular complexity index is 1320. The molecular weight excluding hydrogens is 647 g/mol. The largest absolute Gasteiger partial charge is 0.215 e. The van der Waals surface area contributed by atoms with E-state index in [0.717, 1.165) is 15.2 Å². The second kappa shape index (κ2) is 12.9. The number of hydrogen-bond acceptors (Lipinski definition) is 3. The van der Waals surface area contributed by atoms with Crippen molar-refractivity contribution in [1.82, 2.24) is 0 Å². The molecule has 0 bridgehead atoms. The van der Waals surface area contributed by atoms with E-state index in [1.807, 2.05) is 98.7 Å². The van der Waals surface area contributed by atoms with Crippen LogP contribution in [-0.2, 0) is 15.6 Å². The summed E-state index contributed by atoms with van der Waals surface area (Å²) < 4.78 is 0. The number of hydrogen-bond donors (Lipinski definition) is 0. The van der Waals surface area contributed by atoms with Gasteiger partial charge in [-0.2, -0.15) is 0 Å². The zero-order valence-corrected chi connectivity index (χ0v) is 36.0. The molecule has 0 heterocycles. The van der Waals surface area contributed by atoms with Crippen molar-refractivity contribution < 1.29 is 15.6 Å². The molecule has 3 radical (unpaired) electrons. The minimum Gasteiger partial charge on any atom is -0.215 e. The van der Waals surface area contributed by atoms with Crippen LogP contribution in [0.15, 0.2) is 72.8 Å². The van der Waals surface area contributed by atoms with E-state index in [9.17, 15) is 15.6 Å². The van der Waals surface area contributed by atoms with E-state index in [0.29, 0.717) is 17.1 Å². The maximum atomic E-state index is 13.1. The molecule has 3 aromatic rings. The van der Waals surface area contributed by atoms with Gasteiger partial charge in [-0.3, -0.25) is 0 Å². The minimum absolute atomic E-state index is 0.515. The van der Waals surface area contributed by atoms with E-state index in [-0.39, 0.29) is 0 Å². The Balaban J connectivity index is 2.26. The van der Waals surface area contributed by atoms with Crippen molar-refractivity contribution in [2.75, 3.05) is 15.2 Å². The average Bonchev–Trinajstić information content (AvgIpc) is 2.98. The molecule has 257 valence electrons. The van der Waals surface area contributed by atoms with Gasteiger partial charge in [0.05, 0.1) is 63.1 Å². The summed E-state index contributed by atoms with van der Waals surface area (Å²) in [5.41, 5.74) is 0.527. The van der Waals surface area contributed by atoms with Crippen molar-refractivity contribution in [3.63, 3.8) is 0 Å². The van der Waals surface area contributed by atoms with Crippen molar-refractivity contribution in [3.05, 3.63) is 72.8 Å². The third-order valence-electron chi connectivity index (χ3n) is 11.0. The molecule has 0 aliphatic rings. The molecule has 0 fully saturated rings. The second-order valence-electron chi connectivity index (χ2n) is 18.0. The first kappa shape index (κ1) is 39.2. The van der Waals surface area contributed by atoms with Crippen molar-refractivity contribution >= 4 is 62.0 Å². The smallest absolute Gasteiger partial charge is 0.0700 e. The molecule has 0 amide bonds. The van der Waals surface area contributed by atoms with E-state index in [4.69, 9.17) is 0 Å². The molecule has 0 aliphatic carbocycles. The van der Waals surface area contributed by atoms with Crippen LogP contribution in [0.4, 0.5) is 17.1 Å². The topological polar surface area (TPSA) is 69.4 Å². The first-order valence-electron chi connectivity index (χ1n) is 16.9. The molecule has 0 aromatic heterocycles. The quantitative estimate of drug-likeness (QED) is 0.167. The van der Waals surface area contributed by atoms with Crippen LogP contribution in [0.1, 0.15) is 62.3 Å². The summed E-state index contributed by atoms with van der Waals surface area (Å²) in [6.45, 7) is 33.3. The molecule has 6 nitrogen and oxygen atoms in total. The van der Waals surface area contributed by atoms with Gasteiger partial charge in [-0.05, 0) is 98.7 Å². The van der Waals surface area contributed by atoms with E-state index in [2.05, 4.69) is 82.2 Å². The maximum Gasteiger partial charge on any atom is 0.0700 e. The van der Waals surface area contributed by atoms with Crippen molar-refractivity contribution in [1.29, 1.82) is 0 Å². The lowest BCUT2D eigenvalue weighted by atomic mass is 10.1. The van der Waals surface area contributed by atoms with Crippen molar-refractivity contribution in [2.45, 2.75) is 125 Å². The molecule has 0 N–H and O–H groups in total. The zero-order valence-electron chi connectivity index (χ0n) is 32.0. The Kier molecular flexibility index (Phi) is 10.8. The summed E-state index contributed by atoms with van der Waals surface area (Å²) in [6.07, 6.45) is 0. The monoisotopic (exact) mass is 706 g/mol. The lowest BCUT2D eigenvalue weighted by Crippen LogP contribution is -2.91. The zero-order chi connectivity index (χ0) is 36.2. The Morgan fingerprint density at radius 2 is 0.532 bits per heavy atom. The van der Waals surface area contributed by atoms with Gasteiger partial charge in [0.15, 0.2) is 0 Å². The highest BCUT2D eigenvalue weighted by Gasteiger charge is 2.65. The minimum atomic E-state index is -2.26. The Morgan fingerprint density at radius 3 is 0.681 bits per heavy atom. The normalized spacial score (nSPS) is 13.9. The van der Waals surface area contributed by atoms with Crippen LogP contribution in [0, 0.1) is 0 Å². The number of nitrogens with zero attached hydrogens (tertiary/aromatic N) is 3. The van der Waals surface area contributed by atoms with Gasteiger partial charge in [-0.15, -0.1) is 0 Å². The summed E-state index contributed by atoms with van der Waals surface area (Å²) in [4.78, 5) is 0. The summed E-state index contributed by atoms with van der Waals surface area (Å²) in [5.74, 6) is 0. The molecule has 0 saturated carbocycles. The van der Waals surface area contributed by atoms with Crippen molar-refractivity contribution in [2.24, 2.45) is 0 Å². The highest BCUT2D eigenvalue weighted by Crippen LogP contribution is 2.38. The van der Waals surface area contributed by atoms with Crippen LogP contribution in [0.2, 0.25) is 45.8 Å². The van der Waals surface area contributed by atoms with Gasteiger partial charge >= 0.3 is 0 Å². The third-order valence-corrected chi connectivity index (χ3v) is 82.7. The SMILES string of the molecule is CC(C)(C)N([O])c1ccc([Si](C)(C)[Si](C)([Si](C)(C)c2ccc(N([O])C(C)(C)C)cc2)[Si](C)(C)c2ccc(N([O])C(C)(C)C)cc2)cc1. The van der Waals surface area contributed by atoms with Gasteiger partial charge in [-0.1, -0.05) is 113 Å². The molecule has 10 heteroatoms. The van der Waals surface area contributed by atoms with Crippen LogP contribution in [0.5, 0.6) is 0 Å². The summed E-state index contributed by atoms with van der Waals surface area (Å²) in [5, 5.41) is 46.8. The van der Waals surface area contributed by atoms with E-state index >= 15 is 0 Å². The summed E-state index contributed by atoms with van der Waals surface area (Å²) in [6, 6.07) is 25.6. The number of anilines is 3. The molecule has 0 aliphatic heterocycles. The molecule has 47 heavy (non-hydrogen) atoms. The van der Waals surface area contributed by atoms with E-state index in [1.54, 1.807) is 0 Å². The van der Waals surface area contributed by atoms with Crippen LogP contribution >= 0.6 is 0 Å². The molecule has 3 aromatic carbocycles. The van der Waals surface area contributed by atoms with Crippen LogP contribution < -0.4 is 30.7 Å². The number of hydroxylamine groups is 3. The van der Waals surface area contributed by atoms with Gasteiger partial charge < -0.3 is 0 Å². The van der Waals surface area contributed by atoms with Gasteiger partial charge in [0.1, 0.15) is 0 Å². The van der Waals surface area contributed by atoms with Crippen LogP contribution in [0.3, 0.4) is 0 Å². The summed E-state index contributed by atoms with van der Waals surface area (Å²) in [7, 11) is -6.62. The Hall–Kier alpha value is -2.19. The maximum absolute atomic E-state index is 13.1. The third kappa shape index (κ3) is 7.24. The van der Waals surface area contributed by atoms with Gasteiger partial charge in [0, 0.05) is 0 Å². The number of benzene rings is 3. The molecule has 0 saturated heterocycles. The van der Waals surface area contributed by atoms with E-state index < -0.39 is 46.0 Å². The predicted molar refractivity (Wildman–Crippen MR) is 211 cm³/mol. The standard InChI is InChI=1S/C37H60N3O3Si4/c1-35(2,3)38(41)29-17-23-32(24-18-29)44(10,11)47(16,45(12,13)33-25-19-30(20-26-33)39(42)36(4,5)6)46(14,15)34-27-21-31(22-28-34)40(43)37(7,8)9/h17-28H,1-16H3. The first-order chi connectivity index (χ1) is 21.1. The molecular formula is C37H60N3O3Si4. The van der Waals surface area contributed by atoms with Gasteiger partial charge in [-0.25, -0.2) is 15.2 Å². The van der Waals surface area contributed by atoms with Gasteiger partial charge in [0.2, 0.25) is 0 Å². The van der Waals surface area contributed by atoms with Crippen LogP contribution in [-0.4, -0.2) is 46.0 Å². The van der Waals surface area contributed by atoms with Gasteiger partial charge in [0.25, 0.3) is 0 Å². The Morgan fingerprint density at radius 1 is 0.362 bits per heavy atom. The second-order valence-corrected chi connectivity index (χ2v) is 56.5. The Labute approximate surface area is 289 Å². The first-order valence-corrected chi connectivity index (χ1v) is 31.4. The molecule has 0 atom stereocenters. The lowest BCUT2D eigenvalue weighted by molar-refractivity contribution is 0.102. The fraction of sp³-hybridized carbons (Fsp3) is 0.514. The number of rotatable bonds is 9. The highest BCUT2D eigenvalue weighted by molar-refractivity contribution is 7.93. The fourth-order valence-electron chi connectivity index (χ4n) is 7.41. The van der Waals surface area contributed by atoms with E-state index in [1.165, 1.54) is 15.6 Å². The lowest BCUT2D eigenvalue weighted by Gasteiger charge is -2.59. The van der Waals surface area contributed by atoms with Crippen molar-refractivity contribution in [3.8, 4) is 0 Å². The molecule has 3 rings (SSSR count). The average molecular weight is 707 g/mol. The highest BCUT2D eigenvalue weighted by atomic mass is 29.9. The predicted octanol–water partition coefficient (Wildman–Crippen LogP) is 8.00. The molecule has 0 unspecified atom stereocenters. The van der Waals surface area contributed by atoms with Crippen LogP contribution in [0.25, 0.3) is 0 Å².